The van der Waals surface area contributed by atoms with Crippen LogP contribution in [0, 0.1) is 0 Å². The number of hydrogen-bond acceptors (Lipinski definition) is 3. The van der Waals surface area contributed by atoms with Crippen molar-refractivity contribution in [3.8, 4) is 0 Å². The molecule has 0 radical (unpaired) electrons. The summed E-state index contributed by atoms with van der Waals surface area (Å²) in [5.41, 5.74) is 6.17. The number of rotatable bonds is 4. The Labute approximate surface area is 104 Å². The third kappa shape index (κ3) is 2.29. The van der Waals surface area contributed by atoms with Gasteiger partial charge < -0.3 is 15.6 Å². The minimum atomic E-state index is -0.997. The van der Waals surface area contributed by atoms with E-state index in [2.05, 4.69) is 0 Å². The van der Waals surface area contributed by atoms with Crippen molar-refractivity contribution in [2.45, 2.75) is 17.9 Å². The Morgan fingerprint density at radius 1 is 1.53 bits per heavy atom. The van der Waals surface area contributed by atoms with Crippen LogP contribution in [-0.4, -0.2) is 30.3 Å². The number of hydrogen-bond donors (Lipinski definition) is 2. The van der Waals surface area contributed by atoms with Gasteiger partial charge in [-0.1, -0.05) is 29.8 Å². The highest BCUT2D eigenvalue weighted by Crippen LogP contribution is 2.39. The summed E-state index contributed by atoms with van der Waals surface area (Å²) in [6, 6.07) is 6.53. The summed E-state index contributed by atoms with van der Waals surface area (Å²) in [6.07, 6.45) is 0.339. The molecule has 0 bridgehead atoms. The largest absolute Gasteiger partial charge is 0.480 e. The molecule has 4 nitrogen and oxygen atoms in total. The van der Waals surface area contributed by atoms with Gasteiger partial charge in [0.25, 0.3) is 0 Å². The normalized spacial score (nSPS) is 19.4. The SMILES string of the molecule is NC(CC1(c2ccccc2Cl)COC1)C(=O)O. The molecule has 17 heavy (non-hydrogen) atoms. The van der Waals surface area contributed by atoms with E-state index in [0.29, 0.717) is 24.7 Å². The molecule has 0 saturated carbocycles. The summed E-state index contributed by atoms with van der Waals surface area (Å²) in [5, 5.41) is 9.52. The zero-order valence-corrected chi connectivity index (χ0v) is 9.98. The molecule has 2 rings (SSSR count). The number of aliphatic carboxylic acids is 1. The highest BCUT2D eigenvalue weighted by atomic mass is 35.5. The number of carbonyl (C=O) groups is 1. The first kappa shape index (κ1) is 12.4. The molecule has 1 heterocycles. The molecule has 1 aromatic rings. The smallest absolute Gasteiger partial charge is 0.320 e. The maximum Gasteiger partial charge on any atom is 0.320 e. The molecule has 92 valence electrons. The topological polar surface area (TPSA) is 72.5 Å². The Balaban J connectivity index is 2.26. The van der Waals surface area contributed by atoms with E-state index in [-0.39, 0.29) is 5.41 Å². The van der Waals surface area contributed by atoms with Crippen molar-refractivity contribution < 1.29 is 14.6 Å². The van der Waals surface area contributed by atoms with Crippen LogP contribution in [0.2, 0.25) is 5.02 Å². The van der Waals surface area contributed by atoms with Gasteiger partial charge in [-0.2, -0.15) is 0 Å². The summed E-state index contributed by atoms with van der Waals surface area (Å²) in [6.45, 7) is 0.940. The highest BCUT2D eigenvalue weighted by molar-refractivity contribution is 6.31. The molecule has 3 N–H and O–H groups in total. The monoisotopic (exact) mass is 255 g/mol. The van der Waals surface area contributed by atoms with Gasteiger partial charge in [-0.15, -0.1) is 0 Å². The standard InChI is InChI=1S/C12H14ClNO3/c13-9-4-2-1-3-8(9)12(6-17-7-12)5-10(14)11(15)16/h1-4,10H,5-7,14H2,(H,15,16). The lowest BCUT2D eigenvalue weighted by atomic mass is 9.74. The Morgan fingerprint density at radius 3 is 2.65 bits per heavy atom. The van der Waals surface area contributed by atoms with Crippen molar-refractivity contribution in [2.24, 2.45) is 5.73 Å². The van der Waals surface area contributed by atoms with Crippen LogP contribution in [0.5, 0.6) is 0 Å². The third-order valence-electron chi connectivity index (χ3n) is 3.13. The van der Waals surface area contributed by atoms with Crippen LogP contribution in [0.4, 0.5) is 0 Å². The van der Waals surface area contributed by atoms with Crippen molar-refractivity contribution in [3.05, 3.63) is 34.9 Å². The molecule has 1 aliphatic rings. The molecular formula is C12H14ClNO3. The van der Waals surface area contributed by atoms with Gasteiger partial charge in [0.15, 0.2) is 0 Å². The van der Waals surface area contributed by atoms with Crippen LogP contribution in [0.25, 0.3) is 0 Å². The number of nitrogens with two attached hydrogens (primary N) is 1. The van der Waals surface area contributed by atoms with E-state index in [4.69, 9.17) is 27.2 Å². The molecule has 1 saturated heterocycles. The van der Waals surface area contributed by atoms with Crippen LogP contribution in [0.1, 0.15) is 12.0 Å². The fourth-order valence-electron chi connectivity index (χ4n) is 2.13. The maximum atomic E-state index is 10.8. The van der Waals surface area contributed by atoms with E-state index in [1.807, 2.05) is 18.2 Å². The summed E-state index contributed by atoms with van der Waals surface area (Å²) >= 11 is 6.14. The van der Waals surface area contributed by atoms with Crippen molar-refractivity contribution in [1.82, 2.24) is 0 Å². The Bertz CT molecular complexity index is 432. The second-order valence-corrected chi connectivity index (χ2v) is 4.81. The van der Waals surface area contributed by atoms with Gasteiger partial charge in [0.2, 0.25) is 0 Å². The lowest BCUT2D eigenvalue weighted by Crippen LogP contribution is -2.52. The van der Waals surface area contributed by atoms with Crippen molar-refractivity contribution in [2.75, 3.05) is 13.2 Å². The van der Waals surface area contributed by atoms with Crippen LogP contribution in [-0.2, 0) is 14.9 Å². The van der Waals surface area contributed by atoms with Gasteiger partial charge in [-0.05, 0) is 18.1 Å². The summed E-state index contributed by atoms with van der Waals surface area (Å²) in [7, 11) is 0. The number of carboxylic acid groups (broad SMARTS) is 1. The van der Waals surface area contributed by atoms with Gasteiger partial charge in [-0.3, -0.25) is 4.79 Å². The first-order valence-corrected chi connectivity index (χ1v) is 5.74. The average molecular weight is 256 g/mol. The minimum Gasteiger partial charge on any atom is -0.480 e. The molecule has 1 fully saturated rings. The first-order valence-electron chi connectivity index (χ1n) is 5.36. The summed E-state index contributed by atoms with van der Waals surface area (Å²) in [4.78, 5) is 10.8. The Morgan fingerprint density at radius 2 is 2.18 bits per heavy atom. The number of halogens is 1. The zero-order valence-electron chi connectivity index (χ0n) is 9.23. The Kier molecular flexibility index (Phi) is 3.38. The predicted octanol–water partition coefficient (Wildman–Crippen LogP) is 1.41. The van der Waals surface area contributed by atoms with Gasteiger partial charge in [0.1, 0.15) is 6.04 Å². The van der Waals surface area contributed by atoms with Gasteiger partial charge >= 0.3 is 5.97 Å². The molecule has 0 aliphatic carbocycles. The van der Waals surface area contributed by atoms with Gasteiger partial charge in [0.05, 0.1) is 13.2 Å². The van der Waals surface area contributed by atoms with E-state index >= 15 is 0 Å². The van der Waals surface area contributed by atoms with E-state index < -0.39 is 12.0 Å². The van der Waals surface area contributed by atoms with E-state index in [0.717, 1.165) is 5.56 Å². The van der Waals surface area contributed by atoms with Crippen molar-refractivity contribution in [3.63, 3.8) is 0 Å². The number of benzene rings is 1. The van der Waals surface area contributed by atoms with Crippen LogP contribution >= 0.6 is 11.6 Å². The molecular weight excluding hydrogens is 242 g/mol. The van der Waals surface area contributed by atoms with Crippen LogP contribution < -0.4 is 5.73 Å². The van der Waals surface area contributed by atoms with Crippen molar-refractivity contribution in [1.29, 1.82) is 0 Å². The predicted molar refractivity (Wildman–Crippen MR) is 64.2 cm³/mol. The zero-order chi connectivity index (χ0) is 12.5. The lowest BCUT2D eigenvalue weighted by molar-refractivity contribution is -0.141. The third-order valence-corrected chi connectivity index (χ3v) is 3.46. The van der Waals surface area contributed by atoms with E-state index in [9.17, 15) is 4.79 Å². The summed E-state index contributed by atoms with van der Waals surface area (Å²) < 4.78 is 5.22. The Hall–Kier alpha value is -1.10. The fourth-order valence-corrected chi connectivity index (χ4v) is 2.47. The van der Waals surface area contributed by atoms with Gasteiger partial charge in [-0.25, -0.2) is 0 Å². The summed E-state index contributed by atoms with van der Waals surface area (Å²) in [5.74, 6) is -0.997. The van der Waals surface area contributed by atoms with E-state index in [1.54, 1.807) is 6.07 Å². The van der Waals surface area contributed by atoms with Crippen LogP contribution in [0.3, 0.4) is 0 Å². The van der Waals surface area contributed by atoms with E-state index in [1.165, 1.54) is 0 Å². The molecule has 0 aromatic heterocycles. The average Bonchev–Trinajstić information content (AvgIpc) is 2.24. The molecule has 0 spiro atoms. The van der Waals surface area contributed by atoms with Crippen molar-refractivity contribution >= 4 is 17.6 Å². The molecule has 5 heteroatoms. The second-order valence-electron chi connectivity index (χ2n) is 4.40. The molecule has 1 atom stereocenters. The molecule has 0 amide bonds. The highest BCUT2D eigenvalue weighted by Gasteiger charge is 2.43. The molecule has 1 aliphatic heterocycles. The van der Waals surface area contributed by atoms with Gasteiger partial charge in [0, 0.05) is 10.4 Å². The second kappa shape index (κ2) is 4.64. The minimum absolute atomic E-state index is 0.339. The molecule has 1 unspecified atom stereocenters. The number of ether oxygens (including phenoxy) is 1. The fraction of sp³-hybridized carbons (Fsp3) is 0.417. The maximum absolute atomic E-state index is 10.8. The van der Waals surface area contributed by atoms with Crippen LogP contribution in [0.15, 0.2) is 24.3 Å². The first-order chi connectivity index (χ1) is 8.05. The quantitative estimate of drug-likeness (QED) is 0.853. The number of carboxylic acids is 1. The lowest BCUT2D eigenvalue weighted by Gasteiger charge is -2.43. The molecule has 1 aromatic carbocycles.